The van der Waals surface area contributed by atoms with Gasteiger partial charge < -0.3 is 5.32 Å². The predicted octanol–water partition coefficient (Wildman–Crippen LogP) is 6.66. The van der Waals surface area contributed by atoms with Crippen LogP contribution in [0.1, 0.15) is 92.4 Å². The van der Waals surface area contributed by atoms with Gasteiger partial charge in [0.1, 0.15) is 0 Å². The second-order valence-electron chi connectivity index (χ2n) is 7.01. The Hall–Kier alpha value is -0.560. The van der Waals surface area contributed by atoms with Crippen LogP contribution in [0.5, 0.6) is 0 Å². The monoisotopic (exact) mass is 307 g/mol. The van der Waals surface area contributed by atoms with Crippen molar-refractivity contribution >= 4 is 0 Å². The van der Waals surface area contributed by atoms with Crippen molar-refractivity contribution in [2.24, 2.45) is 5.92 Å². The second-order valence-corrected chi connectivity index (χ2v) is 7.01. The molecule has 0 saturated carbocycles. The normalized spacial score (nSPS) is 13.2. The van der Waals surface area contributed by atoms with Crippen molar-refractivity contribution in [2.45, 2.75) is 92.4 Å². The summed E-state index contributed by atoms with van der Waals surface area (Å²) in [6.45, 7) is 13.4. The smallest absolute Gasteiger partial charge is 0.0137 e. The lowest BCUT2D eigenvalue weighted by atomic mass is 9.93. The Bertz CT molecular complexity index is 297. The third-order valence-electron chi connectivity index (χ3n) is 4.33. The number of rotatable bonds is 14. The van der Waals surface area contributed by atoms with Crippen molar-refractivity contribution in [1.29, 1.82) is 0 Å². The minimum Gasteiger partial charge on any atom is -0.313 e. The summed E-state index contributed by atoms with van der Waals surface area (Å²) in [5.74, 6) is 0.937. The van der Waals surface area contributed by atoms with E-state index in [1.807, 2.05) is 0 Å². The lowest BCUT2D eigenvalue weighted by molar-refractivity contribution is 0.391. The van der Waals surface area contributed by atoms with Gasteiger partial charge in [-0.1, -0.05) is 75.7 Å². The van der Waals surface area contributed by atoms with E-state index in [4.69, 9.17) is 0 Å². The fourth-order valence-electron chi connectivity index (χ4n) is 2.87. The SMILES string of the molecule is CCCCCC(CCC)CCNC/C=C(\C)CCC=C(C)C. The van der Waals surface area contributed by atoms with E-state index in [1.54, 1.807) is 0 Å². The van der Waals surface area contributed by atoms with Gasteiger partial charge in [-0.2, -0.15) is 0 Å². The maximum Gasteiger partial charge on any atom is 0.0137 e. The van der Waals surface area contributed by atoms with Crippen LogP contribution in [-0.4, -0.2) is 13.1 Å². The molecule has 0 aromatic rings. The molecule has 1 N–H and O–H groups in total. The molecule has 0 aromatic carbocycles. The van der Waals surface area contributed by atoms with Gasteiger partial charge in [0.15, 0.2) is 0 Å². The molecule has 0 bridgehead atoms. The van der Waals surface area contributed by atoms with E-state index >= 15 is 0 Å². The van der Waals surface area contributed by atoms with Crippen LogP contribution >= 0.6 is 0 Å². The van der Waals surface area contributed by atoms with Gasteiger partial charge in [0.2, 0.25) is 0 Å². The van der Waals surface area contributed by atoms with Crippen molar-refractivity contribution in [3.63, 3.8) is 0 Å². The van der Waals surface area contributed by atoms with Crippen LogP contribution in [0.2, 0.25) is 0 Å². The predicted molar refractivity (Wildman–Crippen MR) is 102 cm³/mol. The summed E-state index contributed by atoms with van der Waals surface area (Å²) in [4.78, 5) is 0. The number of unbranched alkanes of at least 4 members (excludes halogenated alkanes) is 2. The van der Waals surface area contributed by atoms with Crippen molar-refractivity contribution in [1.82, 2.24) is 5.32 Å². The van der Waals surface area contributed by atoms with Crippen molar-refractivity contribution in [3.8, 4) is 0 Å². The maximum absolute atomic E-state index is 3.60. The molecular formula is C21H41N. The summed E-state index contributed by atoms with van der Waals surface area (Å²) < 4.78 is 0. The Kier molecular flexibility index (Phi) is 14.9. The van der Waals surface area contributed by atoms with Crippen LogP contribution in [0.25, 0.3) is 0 Å². The third-order valence-corrected chi connectivity index (χ3v) is 4.33. The standard InChI is InChI=1S/C21H41N/c1-6-8-9-14-21(11-7-2)16-18-22-17-15-20(5)13-10-12-19(3)4/h12,15,21-22H,6-11,13-14,16-18H2,1-5H3/b20-15+. The van der Waals surface area contributed by atoms with E-state index in [0.29, 0.717) is 0 Å². The highest BCUT2D eigenvalue weighted by Gasteiger charge is 2.06. The fraction of sp³-hybridized carbons (Fsp3) is 0.810. The molecule has 1 unspecified atom stereocenters. The van der Waals surface area contributed by atoms with E-state index in [9.17, 15) is 0 Å². The van der Waals surface area contributed by atoms with Gasteiger partial charge in [-0.05, 0) is 52.5 Å². The Morgan fingerprint density at radius 3 is 2.32 bits per heavy atom. The first kappa shape index (κ1) is 21.4. The van der Waals surface area contributed by atoms with Crippen molar-refractivity contribution < 1.29 is 0 Å². The molecule has 1 atom stereocenters. The zero-order chi connectivity index (χ0) is 16.6. The first-order chi connectivity index (χ1) is 10.6. The topological polar surface area (TPSA) is 12.0 Å². The molecule has 130 valence electrons. The second kappa shape index (κ2) is 15.3. The van der Waals surface area contributed by atoms with Gasteiger partial charge in [0, 0.05) is 6.54 Å². The van der Waals surface area contributed by atoms with Crippen LogP contribution in [0.3, 0.4) is 0 Å². The molecule has 0 aliphatic carbocycles. The summed E-state index contributed by atoms with van der Waals surface area (Å²) in [5, 5.41) is 3.60. The Labute approximate surface area is 140 Å². The lowest BCUT2D eigenvalue weighted by Crippen LogP contribution is -2.18. The van der Waals surface area contributed by atoms with Gasteiger partial charge in [0.05, 0.1) is 0 Å². The van der Waals surface area contributed by atoms with Crippen LogP contribution < -0.4 is 5.32 Å². The minimum absolute atomic E-state index is 0.937. The third kappa shape index (κ3) is 14.4. The summed E-state index contributed by atoms with van der Waals surface area (Å²) in [5.41, 5.74) is 2.94. The lowest BCUT2D eigenvalue weighted by Gasteiger charge is -2.16. The van der Waals surface area contributed by atoms with Gasteiger partial charge in [0.25, 0.3) is 0 Å². The van der Waals surface area contributed by atoms with Gasteiger partial charge in [-0.3, -0.25) is 0 Å². The number of hydrogen-bond donors (Lipinski definition) is 1. The first-order valence-corrected chi connectivity index (χ1v) is 9.59. The first-order valence-electron chi connectivity index (χ1n) is 9.59. The minimum atomic E-state index is 0.937. The molecule has 0 rings (SSSR count). The highest BCUT2D eigenvalue weighted by Crippen LogP contribution is 2.18. The van der Waals surface area contributed by atoms with Gasteiger partial charge in [-0.25, -0.2) is 0 Å². The van der Waals surface area contributed by atoms with Crippen molar-refractivity contribution in [2.75, 3.05) is 13.1 Å². The van der Waals surface area contributed by atoms with E-state index in [0.717, 1.165) is 12.5 Å². The van der Waals surface area contributed by atoms with Gasteiger partial charge >= 0.3 is 0 Å². The molecule has 0 heterocycles. The largest absolute Gasteiger partial charge is 0.313 e. The molecule has 0 fully saturated rings. The Morgan fingerprint density at radius 1 is 0.909 bits per heavy atom. The highest BCUT2D eigenvalue weighted by atomic mass is 14.8. The van der Waals surface area contributed by atoms with Crippen molar-refractivity contribution in [3.05, 3.63) is 23.3 Å². The highest BCUT2D eigenvalue weighted by molar-refractivity contribution is 5.02. The summed E-state index contributed by atoms with van der Waals surface area (Å²) in [6, 6.07) is 0. The molecule has 0 aliphatic heterocycles. The summed E-state index contributed by atoms with van der Waals surface area (Å²) in [6.07, 6.45) is 16.8. The van der Waals surface area contributed by atoms with Crippen LogP contribution in [0, 0.1) is 5.92 Å². The molecule has 22 heavy (non-hydrogen) atoms. The summed E-state index contributed by atoms with van der Waals surface area (Å²) >= 11 is 0. The van der Waals surface area contributed by atoms with E-state index in [2.05, 4.69) is 52.1 Å². The number of nitrogens with one attached hydrogen (secondary N) is 1. The average molecular weight is 308 g/mol. The molecule has 0 saturated heterocycles. The van der Waals surface area contributed by atoms with Crippen LogP contribution in [0.4, 0.5) is 0 Å². The van der Waals surface area contributed by atoms with E-state index in [1.165, 1.54) is 75.5 Å². The molecule has 0 aromatic heterocycles. The molecular weight excluding hydrogens is 266 g/mol. The zero-order valence-corrected chi connectivity index (χ0v) is 16.0. The van der Waals surface area contributed by atoms with Crippen LogP contribution in [-0.2, 0) is 0 Å². The number of allylic oxidation sites excluding steroid dienone is 3. The molecule has 0 aliphatic rings. The maximum atomic E-state index is 3.60. The molecule has 0 amide bonds. The van der Waals surface area contributed by atoms with E-state index in [-0.39, 0.29) is 0 Å². The van der Waals surface area contributed by atoms with Crippen LogP contribution in [0.15, 0.2) is 23.3 Å². The molecule has 0 spiro atoms. The van der Waals surface area contributed by atoms with E-state index < -0.39 is 0 Å². The molecule has 1 nitrogen and oxygen atoms in total. The number of hydrogen-bond acceptors (Lipinski definition) is 1. The Morgan fingerprint density at radius 2 is 1.68 bits per heavy atom. The Balaban J connectivity index is 3.75. The van der Waals surface area contributed by atoms with Gasteiger partial charge in [-0.15, -0.1) is 0 Å². The summed E-state index contributed by atoms with van der Waals surface area (Å²) in [7, 11) is 0. The zero-order valence-electron chi connectivity index (χ0n) is 16.0. The molecule has 1 heteroatoms. The average Bonchev–Trinajstić information content (AvgIpc) is 2.46. The quantitative estimate of drug-likeness (QED) is 0.279. The fourth-order valence-corrected chi connectivity index (χ4v) is 2.87. The molecule has 0 radical (unpaired) electrons.